The summed E-state index contributed by atoms with van der Waals surface area (Å²) < 4.78 is 32.8. The van der Waals surface area contributed by atoms with Gasteiger partial charge in [-0.3, -0.25) is 9.10 Å². The van der Waals surface area contributed by atoms with E-state index >= 15 is 0 Å². The fraction of sp³-hybridized carbons (Fsp3) is 0.435. The van der Waals surface area contributed by atoms with Gasteiger partial charge in [-0.2, -0.15) is 11.8 Å². The van der Waals surface area contributed by atoms with Crippen molar-refractivity contribution in [2.24, 2.45) is 0 Å². The van der Waals surface area contributed by atoms with E-state index in [4.69, 9.17) is 4.74 Å². The van der Waals surface area contributed by atoms with Crippen LogP contribution in [-0.2, 0) is 14.8 Å². The normalized spacial score (nSPS) is 14.7. The van der Waals surface area contributed by atoms with Crippen molar-refractivity contribution in [2.45, 2.75) is 42.2 Å². The molecule has 0 unspecified atom stereocenters. The molecule has 0 radical (unpaired) electrons. The Balaban J connectivity index is 1.66. The summed E-state index contributed by atoms with van der Waals surface area (Å²) >= 11 is 1.90. The van der Waals surface area contributed by atoms with Crippen LogP contribution in [0.25, 0.3) is 0 Å². The first kappa shape index (κ1) is 23.5. The Kier molecular flexibility index (Phi) is 8.66. The van der Waals surface area contributed by atoms with E-state index in [1.807, 2.05) is 11.8 Å². The molecule has 0 aliphatic heterocycles. The van der Waals surface area contributed by atoms with E-state index in [0.29, 0.717) is 23.2 Å². The van der Waals surface area contributed by atoms with Crippen LogP contribution < -0.4 is 14.4 Å². The number of carbonyl (C=O) groups is 1. The maximum Gasteiger partial charge on any atom is 0.264 e. The quantitative estimate of drug-likeness (QED) is 0.539. The minimum absolute atomic E-state index is 0.145. The van der Waals surface area contributed by atoms with Crippen LogP contribution >= 0.6 is 11.8 Å². The molecule has 168 valence electrons. The second-order valence-electron chi connectivity index (χ2n) is 7.50. The number of nitrogens with one attached hydrogen (secondary N) is 1. The lowest BCUT2D eigenvalue weighted by atomic mass is 10.0. The van der Waals surface area contributed by atoms with E-state index in [-0.39, 0.29) is 17.3 Å². The second-order valence-corrected chi connectivity index (χ2v) is 10.8. The average molecular weight is 463 g/mol. The summed E-state index contributed by atoms with van der Waals surface area (Å²) in [5.74, 6) is 1.13. The number of rotatable bonds is 10. The van der Waals surface area contributed by atoms with Gasteiger partial charge in [-0.25, -0.2) is 8.42 Å². The lowest BCUT2D eigenvalue weighted by Gasteiger charge is -2.24. The Bertz CT molecular complexity index is 928. The summed E-state index contributed by atoms with van der Waals surface area (Å²) in [6, 6.07) is 14.8. The van der Waals surface area contributed by atoms with Crippen LogP contribution in [0.4, 0.5) is 5.69 Å². The first-order valence-electron chi connectivity index (χ1n) is 10.6. The summed E-state index contributed by atoms with van der Waals surface area (Å²) in [6.45, 7) is 0.249. The summed E-state index contributed by atoms with van der Waals surface area (Å²) in [6.07, 6.45) is 6.40. The molecule has 0 aromatic heterocycles. The number of benzene rings is 2. The van der Waals surface area contributed by atoms with Crippen LogP contribution in [0, 0.1) is 0 Å². The maximum absolute atomic E-state index is 13.3. The van der Waals surface area contributed by atoms with Gasteiger partial charge in [-0.15, -0.1) is 0 Å². The summed E-state index contributed by atoms with van der Waals surface area (Å²) in [5, 5.41) is 3.56. The van der Waals surface area contributed by atoms with Gasteiger partial charge < -0.3 is 10.1 Å². The fourth-order valence-electron chi connectivity index (χ4n) is 3.62. The number of thioether (sulfide) groups is 1. The third-order valence-electron chi connectivity index (χ3n) is 5.31. The number of carbonyl (C=O) groups excluding carboxylic acids is 1. The van der Waals surface area contributed by atoms with Crippen molar-refractivity contribution in [3.05, 3.63) is 54.6 Å². The fourth-order valence-corrected chi connectivity index (χ4v) is 6.28. The molecule has 0 atom stereocenters. The minimum atomic E-state index is -3.89. The van der Waals surface area contributed by atoms with Crippen molar-refractivity contribution in [3.63, 3.8) is 0 Å². The van der Waals surface area contributed by atoms with Gasteiger partial charge in [0, 0.05) is 17.5 Å². The number of anilines is 1. The lowest BCUT2D eigenvalue weighted by Crippen LogP contribution is -2.41. The Labute approximate surface area is 189 Å². The molecule has 1 aliphatic rings. The van der Waals surface area contributed by atoms with Gasteiger partial charge in [0.15, 0.2) is 0 Å². The van der Waals surface area contributed by atoms with E-state index in [1.54, 1.807) is 49.6 Å². The molecule has 1 N–H and O–H groups in total. The molecule has 8 heteroatoms. The van der Waals surface area contributed by atoms with Crippen molar-refractivity contribution in [1.82, 2.24) is 5.32 Å². The van der Waals surface area contributed by atoms with Gasteiger partial charge in [-0.05, 0) is 49.2 Å². The molecule has 0 bridgehead atoms. The molecule has 1 fully saturated rings. The topological polar surface area (TPSA) is 75.7 Å². The average Bonchev–Trinajstić information content (AvgIpc) is 2.81. The molecule has 3 rings (SSSR count). The third kappa shape index (κ3) is 6.64. The van der Waals surface area contributed by atoms with Crippen LogP contribution in [0.15, 0.2) is 59.5 Å². The maximum atomic E-state index is 13.3. The molecule has 6 nitrogen and oxygen atoms in total. The van der Waals surface area contributed by atoms with Gasteiger partial charge >= 0.3 is 0 Å². The van der Waals surface area contributed by atoms with Crippen LogP contribution in [0.2, 0.25) is 0 Å². The molecule has 0 saturated heterocycles. The Hall–Kier alpha value is -2.19. The monoisotopic (exact) mass is 462 g/mol. The predicted molar refractivity (Wildman–Crippen MR) is 126 cm³/mol. The molecule has 1 aliphatic carbocycles. The third-order valence-corrected chi connectivity index (χ3v) is 8.48. The molecule has 0 spiro atoms. The van der Waals surface area contributed by atoms with Gasteiger partial charge in [-0.1, -0.05) is 37.5 Å². The van der Waals surface area contributed by atoms with Crippen LogP contribution in [0.1, 0.15) is 32.1 Å². The van der Waals surface area contributed by atoms with Gasteiger partial charge in [0.25, 0.3) is 10.0 Å². The van der Waals surface area contributed by atoms with E-state index in [2.05, 4.69) is 5.32 Å². The highest BCUT2D eigenvalue weighted by atomic mass is 32.2. The Morgan fingerprint density at radius 2 is 1.74 bits per heavy atom. The first-order chi connectivity index (χ1) is 15.0. The molecular formula is C23H30N2O4S2. The largest absolute Gasteiger partial charge is 0.497 e. The Morgan fingerprint density at radius 3 is 2.39 bits per heavy atom. The zero-order valence-corrected chi connectivity index (χ0v) is 19.5. The van der Waals surface area contributed by atoms with Crippen molar-refractivity contribution >= 4 is 33.4 Å². The molecule has 0 heterocycles. The number of nitrogens with zero attached hydrogens (tertiary/aromatic N) is 1. The van der Waals surface area contributed by atoms with Crippen LogP contribution in [0.5, 0.6) is 5.75 Å². The van der Waals surface area contributed by atoms with Crippen molar-refractivity contribution < 1.29 is 17.9 Å². The van der Waals surface area contributed by atoms with Crippen molar-refractivity contribution in [2.75, 3.05) is 30.3 Å². The number of hydrogen-bond donors (Lipinski definition) is 1. The van der Waals surface area contributed by atoms with E-state index in [1.165, 1.54) is 44.2 Å². The molecule has 2 aromatic rings. The summed E-state index contributed by atoms with van der Waals surface area (Å²) in [7, 11) is -2.34. The van der Waals surface area contributed by atoms with Crippen LogP contribution in [0.3, 0.4) is 0 Å². The number of hydrogen-bond acceptors (Lipinski definition) is 5. The van der Waals surface area contributed by atoms with Gasteiger partial charge in [0.2, 0.25) is 5.91 Å². The number of amides is 1. The van der Waals surface area contributed by atoms with Crippen molar-refractivity contribution in [1.29, 1.82) is 0 Å². The highest BCUT2D eigenvalue weighted by Gasteiger charge is 2.27. The minimum Gasteiger partial charge on any atom is -0.497 e. The Morgan fingerprint density at radius 1 is 1.06 bits per heavy atom. The standard InChI is InChI=1S/C23H30N2O4S2/c1-29-20-14-12-19(13-15-20)25(31(27,28)22-10-6-3-7-11-22)18-23(26)24-16-17-30-21-8-4-2-5-9-21/h3,6-7,10-15,21H,2,4-5,8-9,16-18H2,1H3,(H,24,26). The van der Waals surface area contributed by atoms with E-state index in [0.717, 1.165) is 10.1 Å². The molecule has 1 saturated carbocycles. The molecule has 1 amide bonds. The smallest absolute Gasteiger partial charge is 0.264 e. The first-order valence-corrected chi connectivity index (χ1v) is 13.1. The number of ether oxygens (including phenoxy) is 1. The highest BCUT2D eigenvalue weighted by Crippen LogP contribution is 2.28. The SMILES string of the molecule is COc1ccc(N(CC(=O)NCCSC2CCCCC2)S(=O)(=O)c2ccccc2)cc1. The van der Waals surface area contributed by atoms with Gasteiger partial charge in [0.05, 0.1) is 17.7 Å². The van der Waals surface area contributed by atoms with Crippen molar-refractivity contribution in [3.8, 4) is 5.75 Å². The predicted octanol–water partition coefficient (Wildman–Crippen LogP) is 4.07. The summed E-state index contributed by atoms with van der Waals surface area (Å²) in [5.41, 5.74) is 0.413. The second kappa shape index (κ2) is 11.4. The zero-order chi connectivity index (χ0) is 22.1. The molecule has 2 aromatic carbocycles. The van der Waals surface area contributed by atoms with Gasteiger partial charge in [0.1, 0.15) is 12.3 Å². The number of sulfonamides is 1. The lowest BCUT2D eigenvalue weighted by molar-refractivity contribution is -0.119. The highest BCUT2D eigenvalue weighted by molar-refractivity contribution is 7.99. The summed E-state index contributed by atoms with van der Waals surface area (Å²) in [4.78, 5) is 12.8. The number of methoxy groups -OCH3 is 1. The zero-order valence-electron chi connectivity index (χ0n) is 17.8. The van der Waals surface area contributed by atoms with E-state index in [9.17, 15) is 13.2 Å². The van der Waals surface area contributed by atoms with E-state index < -0.39 is 10.0 Å². The molecular weight excluding hydrogens is 432 g/mol. The van der Waals surface area contributed by atoms with Crippen LogP contribution in [-0.4, -0.2) is 45.5 Å². The molecule has 31 heavy (non-hydrogen) atoms.